The van der Waals surface area contributed by atoms with E-state index in [1.54, 1.807) is 0 Å². The molecule has 2 aliphatic rings. The third kappa shape index (κ3) is 1.34. The van der Waals surface area contributed by atoms with Crippen molar-refractivity contribution in [3.8, 4) is 11.3 Å². The van der Waals surface area contributed by atoms with Gasteiger partial charge < -0.3 is 9.67 Å². The second-order valence-electron chi connectivity index (χ2n) is 6.52. The van der Waals surface area contributed by atoms with Gasteiger partial charge in [0.15, 0.2) is 0 Å². The summed E-state index contributed by atoms with van der Waals surface area (Å²) in [6.45, 7) is 4.29. The number of imidazole rings is 1. The minimum atomic E-state index is -0.237. The highest BCUT2D eigenvalue weighted by Gasteiger charge is 2.52. The molecule has 0 saturated heterocycles. The lowest BCUT2D eigenvalue weighted by atomic mass is 9.58. The van der Waals surface area contributed by atoms with Gasteiger partial charge in [0.05, 0.1) is 30.4 Å². The van der Waals surface area contributed by atoms with E-state index in [2.05, 4.69) is 47.7 Å². The molecule has 0 bridgehead atoms. The molecule has 2 aromatic rings. The van der Waals surface area contributed by atoms with Gasteiger partial charge in [-0.15, -0.1) is 0 Å². The Kier molecular flexibility index (Phi) is 2.06. The van der Waals surface area contributed by atoms with Crippen LogP contribution >= 0.6 is 0 Å². The monoisotopic (exact) mass is 254 g/mol. The Labute approximate surface area is 112 Å². The highest BCUT2D eigenvalue weighted by molar-refractivity contribution is 5.69. The molecule has 2 heterocycles. The number of rotatable bonds is 1. The van der Waals surface area contributed by atoms with Gasteiger partial charge >= 0.3 is 0 Å². The number of benzene rings is 1. The van der Waals surface area contributed by atoms with Crippen LogP contribution in [0.1, 0.15) is 31.9 Å². The van der Waals surface area contributed by atoms with Gasteiger partial charge in [0.25, 0.3) is 0 Å². The molecule has 1 saturated carbocycles. The summed E-state index contributed by atoms with van der Waals surface area (Å²) in [5.74, 6) is 0.298. The van der Waals surface area contributed by atoms with Gasteiger partial charge in [-0.3, -0.25) is 0 Å². The molecule has 19 heavy (non-hydrogen) atoms. The van der Waals surface area contributed by atoms with Crippen LogP contribution in [0.15, 0.2) is 36.8 Å². The number of nitrogens with zero attached hydrogens (tertiary/aromatic N) is 2. The summed E-state index contributed by atoms with van der Waals surface area (Å²) in [6, 6.07) is 8.74. The minimum Gasteiger partial charge on any atom is -0.392 e. The van der Waals surface area contributed by atoms with Crippen LogP contribution in [0.3, 0.4) is 0 Å². The molecular weight excluding hydrogens is 236 g/mol. The summed E-state index contributed by atoms with van der Waals surface area (Å²) in [5.41, 5.74) is 3.82. The third-order valence-corrected chi connectivity index (χ3v) is 4.89. The van der Waals surface area contributed by atoms with Crippen molar-refractivity contribution in [2.24, 2.45) is 11.3 Å². The van der Waals surface area contributed by atoms with Crippen molar-refractivity contribution in [2.45, 2.75) is 32.4 Å². The summed E-state index contributed by atoms with van der Waals surface area (Å²) < 4.78 is 2.23. The second-order valence-corrected chi connectivity index (χ2v) is 6.52. The lowest BCUT2D eigenvalue weighted by molar-refractivity contribution is -0.112. The molecule has 0 radical (unpaired) electrons. The van der Waals surface area contributed by atoms with E-state index in [1.165, 1.54) is 16.8 Å². The van der Waals surface area contributed by atoms with E-state index in [4.69, 9.17) is 0 Å². The second kappa shape index (κ2) is 3.48. The van der Waals surface area contributed by atoms with Crippen molar-refractivity contribution in [1.29, 1.82) is 0 Å². The lowest BCUT2D eigenvalue weighted by Gasteiger charge is -2.51. The maximum Gasteiger partial charge on any atom is 0.0956 e. The first kappa shape index (κ1) is 11.2. The average molecular weight is 254 g/mol. The molecule has 1 aliphatic carbocycles. The molecule has 1 aromatic heterocycles. The number of aliphatic hydroxyl groups is 1. The third-order valence-electron chi connectivity index (χ3n) is 4.89. The fraction of sp³-hybridized carbons (Fsp3) is 0.438. The van der Waals surface area contributed by atoms with Crippen LogP contribution in [0.5, 0.6) is 0 Å². The van der Waals surface area contributed by atoms with Crippen LogP contribution in [0.4, 0.5) is 0 Å². The SMILES string of the molecule is CC1(C)C[C@H]([C@H]2c3ccccc3-c3cncn32)[C@@H]1O. The first-order chi connectivity index (χ1) is 9.09. The van der Waals surface area contributed by atoms with Crippen LogP contribution in [0.25, 0.3) is 11.3 Å². The molecule has 0 amide bonds. The molecule has 1 fully saturated rings. The summed E-state index contributed by atoms with van der Waals surface area (Å²) >= 11 is 0. The average Bonchev–Trinajstić information content (AvgIpc) is 2.96. The van der Waals surface area contributed by atoms with Crippen molar-refractivity contribution in [2.75, 3.05) is 0 Å². The Balaban J connectivity index is 1.82. The molecule has 3 atom stereocenters. The van der Waals surface area contributed by atoms with Gasteiger partial charge in [-0.25, -0.2) is 4.98 Å². The molecule has 0 spiro atoms. The highest BCUT2D eigenvalue weighted by atomic mass is 16.3. The largest absolute Gasteiger partial charge is 0.392 e. The zero-order chi connectivity index (χ0) is 13.2. The van der Waals surface area contributed by atoms with Crippen LogP contribution in [-0.2, 0) is 0 Å². The van der Waals surface area contributed by atoms with Gasteiger partial charge in [-0.05, 0) is 17.4 Å². The zero-order valence-electron chi connectivity index (χ0n) is 11.2. The molecule has 4 rings (SSSR count). The maximum absolute atomic E-state index is 10.5. The van der Waals surface area contributed by atoms with Gasteiger partial charge in [0, 0.05) is 11.5 Å². The zero-order valence-corrected chi connectivity index (χ0v) is 11.2. The van der Waals surface area contributed by atoms with E-state index in [0.29, 0.717) is 5.92 Å². The van der Waals surface area contributed by atoms with E-state index < -0.39 is 0 Å². The molecule has 1 N–H and O–H groups in total. The van der Waals surface area contributed by atoms with E-state index in [0.717, 1.165) is 6.42 Å². The fourth-order valence-electron chi connectivity index (χ4n) is 3.85. The standard InChI is InChI=1S/C16H18N2O/c1-16(2)7-12(15(16)19)14-11-6-4-3-5-10(11)13-8-17-9-18(13)14/h3-6,8-9,12,14-15,19H,7H2,1-2H3/t12-,14-,15+/m1/s1. The fourth-order valence-corrected chi connectivity index (χ4v) is 3.85. The Morgan fingerprint density at radius 3 is 2.84 bits per heavy atom. The number of hydrogen-bond acceptors (Lipinski definition) is 2. The Bertz CT molecular complexity index is 644. The molecule has 3 heteroatoms. The summed E-state index contributed by atoms with van der Waals surface area (Å²) in [7, 11) is 0. The van der Waals surface area contributed by atoms with Crippen LogP contribution < -0.4 is 0 Å². The van der Waals surface area contributed by atoms with Crippen molar-refractivity contribution in [3.05, 3.63) is 42.4 Å². The van der Waals surface area contributed by atoms with Crippen LogP contribution in [-0.4, -0.2) is 20.8 Å². The van der Waals surface area contributed by atoms with E-state index >= 15 is 0 Å². The predicted octanol–water partition coefficient (Wildman–Crippen LogP) is 2.86. The molecule has 98 valence electrons. The van der Waals surface area contributed by atoms with Gasteiger partial charge in [0.2, 0.25) is 0 Å². The lowest BCUT2D eigenvalue weighted by Crippen LogP contribution is -2.51. The van der Waals surface area contributed by atoms with Crippen molar-refractivity contribution in [3.63, 3.8) is 0 Å². The quantitative estimate of drug-likeness (QED) is 0.849. The van der Waals surface area contributed by atoms with Crippen molar-refractivity contribution >= 4 is 0 Å². The highest BCUT2D eigenvalue weighted by Crippen LogP contribution is 2.55. The number of fused-ring (bicyclic) bond motifs is 3. The predicted molar refractivity (Wildman–Crippen MR) is 73.7 cm³/mol. The topological polar surface area (TPSA) is 38.0 Å². The Morgan fingerprint density at radius 2 is 2.11 bits per heavy atom. The Morgan fingerprint density at radius 1 is 1.32 bits per heavy atom. The maximum atomic E-state index is 10.5. The molecule has 3 nitrogen and oxygen atoms in total. The van der Waals surface area contributed by atoms with Gasteiger partial charge in [0.1, 0.15) is 0 Å². The molecule has 1 aliphatic heterocycles. The molecule has 1 aromatic carbocycles. The number of aliphatic hydroxyl groups excluding tert-OH is 1. The van der Waals surface area contributed by atoms with E-state index in [9.17, 15) is 5.11 Å². The van der Waals surface area contributed by atoms with Gasteiger partial charge in [-0.2, -0.15) is 0 Å². The Hall–Kier alpha value is -1.61. The van der Waals surface area contributed by atoms with Crippen molar-refractivity contribution < 1.29 is 5.11 Å². The first-order valence-corrected chi connectivity index (χ1v) is 6.89. The molecular formula is C16H18N2O. The van der Waals surface area contributed by atoms with E-state index in [1.807, 2.05) is 12.5 Å². The normalized spacial score (nSPS) is 30.6. The first-order valence-electron chi connectivity index (χ1n) is 6.89. The van der Waals surface area contributed by atoms with Gasteiger partial charge in [-0.1, -0.05) is 38.1 Å². The molecule has 0 unspecified atom stereocenters. The summed E-state index contributed by atoms with van der Waals surface area (Å²) in [6.07, 6.45) is 4.65. The smallest absolute Gasteiger partial charge is 0.0956 e. The number of hydrogen-bond donors (Lipinski definition) is 1. The summed E-state index contributed by atoms with van der Waals surface area (Å²) in [5, 5.41) is 10.5. The summed E-state index contributed by atoms with van der Waals surface area (Å²) in [4.78, 5) is 4.28. The van der Waals surface area contributed by atoms with Crippen LogP contribution in [0.2, 0.25) is 0 Å². The van der Waals surface area contributed by atoms with E-state index in [-0.39, 0.29) is 17.6 Å². The number of aromatic nitrogens is 2. The van der Waals surface area contributed by atoms with Crippen LogP contribution in [0, 0.1) is 11.3 Å². The van der Waals surface area contributed by atoms with Crippen molar-refractivity contribution in [1.82, 2.24) is 9.55 Å². The minimum absolute atomic E-state index is 0.0446.